The molecule has 3 aromatic rings. The van der Waals surface area contributed by atoms with Gasteiger partial charge >= 0.3 is 0 Å². The molecule has 0 radical (unpaired) electrons. The second-order valence-corrected chi connectivity index (χ2v) is 6.75. The molecule has 1 aliphatic rings. The standard InChI is InChI=1S/C19H18ClN3O3/c1-2-14-10-18(26-21-14)16-4-3-9-23(16)19(24)15-11-17(25-22-15)12-5-7-13(20)8-6-12/h5-8,10-11,16H,2-4,9H2,1H3/t16-/m1/s1. The summed E-state index contributed by atoms with van der Waals surface area (Å²) < 4.78 is 10.8. The van der Waals surface area contributed by atoms with Gasteiger partial charge in [-0.25, -0.2) is 0 Å². The number of halogens is 1. The molecule has 134 valence electrons. The lowest BCUT2D eigenvalue weighted by Gasteiger charge is -2.21. The van der Waals surface area contributed by atoms with Gasteiger partial charge in [0.1, 0.15) is 0 Å². The molecule has 1 fully saturated rings. The summed E-state index contributed by atoms with van der Waals surface area (Å²) in [5.74, 6) is 1.11. The first-order valence-corrected chi connectivity index (χ1v) is 9.02. The van der Waals surface area contributed by atoms with Gasteiger partial charge < -0.3 is 13.9 Å². The Balaban J connectivity index is 1.56. The molecule has 1 atom stereocenters. The number of likely N-dealkylation sites (tertiary alicyclic amines) is 1. The Kier molecular flexibility index (Phi) is 4.51. The average Bonchev–Trinajstić information content (AvgIpc) is 3.40. The van der Waals surface area contributed by atoms with Gasteiger partial charge in [-0.15, -0.1) is 0 Å². The van der Waals surface area contributed by atoms with E-state index in [-0.39, 0.29) is 17.6 Å². The highest BCUT2D eigenvalue weighted by atomic mass is 35.5. The van der Waals surface area contributed by atoms with Gasteiger partial charge in [-0.2, -0.15) is 0 Å². The Labute approximate surface area is 155 Å². The van der Waals surface area contributed by atoms with E-state index in [0.717, 1.165) is 36.3 Å². The van der Waals surface area contributed by atoms with Crippen molar-refractivity contribution >= 4 is 17.5 Å². The van der Waals surface area contributed by atoms with Crippen LogP contribution in [0, 0.1) is 0 Å². The van der Waals surface area contributed by atoms with E-state index in [1.165, 1.54) is 0 Å². The quantitative estimate of drug-likeness (QED) is 0.674. The van der Waals surface area contributed by atoms with Gasteiger partial charge in [0.05, 0.1) is 11.7 Å². The summed E-state index contributed by atoms with van der Waals surface area (Å²) >= 11 is 5.91. The van der Waals surface area contributed by atoms with Crippen LogP contribution in [0.2, 0.25) is 5.02 Å². The maximum atomic E-state index is 12.9. The summed E-state index contributed by atoms with van der Waals surface area (Å²) in [7, 11) is 0. The fourth-order valence-electron chi connectivity index (χ4n) is 3.23. The Hall–Kier alpha value is -2.60. The average molecular weight is 372 g/mol. The van der Waals surface area contributed by atoms with Crippen molar-refractivity contribution in [2.24, 2.45) is 0 Å². The molecule has 4 rings (SSSR count). The first-order valence-electron chi connectivity index (χ1n) is 8.65. The van der Waals surface area contributed by atoms with Crippen LogP contribution in [0.3, 0.4) is 0 Å². The van der Waals surface area contributed by atoms with E-state index in [1.807, 2.05) is 25.1 Å². The number of amides is 1. The van der Waals surface area contributed by atoms with Crippen LogP contribution in [-0.4, -0.2) is 27.7 Å². The lowest BCUT2D eigenvalue weighted by atomic mass is 10.1. The molecule has 26 heavy (non-hydrogen) atoms. The number of hydrogen-bond donors (Lipinski definition) is 0. The Bertz CT molecular complexity index is 916. The van der Waals surface area contributed by atoms with Crippen LogP contribution in [0.15, 0.2) is 45.4 Å². The van der Waals surface area contributed by atoms with E-state index in [1.54, 1.807) is 23.1 Å². The minimum atomic E-state index is -0.161. The van der Waals surface area contributed by atoms with Crippen LogP contribution in [0.25, 0.3) is 11.3 Å². The minimum absolute atomic E-state index is 0.106. The van der Waals surface area contributed by atoms with E-state index in [0.29, 0.717) is 17.3 Å². The number of hydrogen-bond acceptors (Lipinski definition) is 5. The Morgan fingerprint density at radius 3 is 2.77 bits per heavy atom. The molecule has 1 amide bonds. The Morgan fingerprint density at radius 1 is 1.23 bits per heavy atom. The zero-order valence-electron chi connectivity index (χ0n) is 14.3. The van der Waals surface area contributed by atoms with Crippen LogP contribution < -0.4 is 0 Å². The predicted octanol–water partition coefficient (Wildman–Crippen LogP) is 4.52. The lowest BCUT2D eigenvalue weighted by molar-refractivity contribution is 0.0704. The predicted molar refractivity (Wildman–Crippen MR) is 95.8 cm³/mol. The van der Waals surface area contributed by atoms with Gasteiger partial charge in [-0.1, -0.05) is 28.8 Å². The molecule has 7 heteroatoms. The summed E-state index contributed by atoms with van der Waals surface area (Å²) in [5, 5.41) is 8.64. The van der Waals surface area contributed by atoms with Crippen molar-refractivity contribution in [3.8, 4) is 11.3 Å². The number of rotatable bonds is 4. The summed E-state index contributed by atoms with van der Waals surface area (Å²) in [5.41, 5.74) is 2.00. The van der Waals surface area contributed by atoms with Gasteiger partial charge in [0, 0.05) is 29.3 Å². The molecule has 6 nitrogen and oxygen atoms in total. The van der Waals surface area contributed by atoms with Crippen molar-refractivity contribution < 1.29 is 13.8 Å². The third kappa shape index (κ3) is 3.12. The number of carbonyl (C=O) groups excluding carboxylic acids is 1. The van der Waals surface area contributed by atoms with Crippen LogP contribution in [0.5, 0.6) is 0 Å². The topological polar surface area (TPSA) is 72.4 Å². The number of nitrogens with zero attached hydrogens (tertiary/aromatic N) is 3. The maximum absolute atomic E-state index is 12.9. The fourth-order valence-corrected chi connectivity index (χ4v) is 3.36. The normalized spacial score (nSPS) is 17.0. The van der Waals surface area contributed by atoms with Crippen LogP contribution in [0.4, 0.5) is 0 Å². The van der Waals surface area contributed by atoms with Crippen LogP contribution >= 0.6 is 11.6 Å². The second-order valence-electron chi connectivity index (χ2n) is 6.31. The maximum Gasteiger partial charge on any atom is 0.276 e. The van der Waals surface area contributed by atoms with Crippen LogP contribution in [-0.2, 0) is 6.42 Å². The zero-order chi connectivity index (χ0) is 18.1. The van der Waals surface area contributed by atoms with Crippen molar-refractivity contribution in [1.29, 1.82) is 0 Å². The Morgan fingerprint density at radius 2 is 2.04 bits per heavy atom. The highest BCUT2D eigenvalue weighted by Crippen LogP contribution is 2.34. The first kappa shape index (κ1) is 16.8. The van der Waals surface area contributed by atoms with Gasteiger partial charge in [0.2, 0.25) is 0 Å². The third-order valence-electron chi connectivity index (χ3n) is 4.64. The molecule has 3 heterocycles. The van der Waals surface area contributed by atoms with Crippen molar-refractivity contribution in [3.05, 3.63) is 58.6 Å². The van der Waals surface area contributed by atoms with Gasteiger partial charge in [-0.05, 0) is 43.5 Å². The summed E-state index contributed by atoms with van der Waals surface area (Å²) in [6.07, 6.45) is 2.57. The van der Waals surface area contributed by atoms with Crippen LogP contribution in [0.1, 0.15) is 47.7 Å². The highest BCUT2D eigenvalue weighted by Gasteiger charge is 2.34. The second kappa shape index (κ2) is 6.96. The lowest BCUT2D eigenvalue weighted by Crippen LogP contribution is -2.30. The molecular weight excluding hydrogens is 354 g/mol. The molecule has 0 unspecified atom stereocenters. The van der Waals surface area contributed by atoms with Crippen molar-refractivity contribution in [2.75, 3.05) is 6.54 Å². The minimum Gasteiger partial charge on any atom is -0.359 e. The van der Waals surface area contributed by atoms with E-state index in [2.05, 4.69) is 10.3 Å². The summed E-state index contributed by atoms with van der Waals surface area (Å²) in [6, 6.07) is 10.7. The molecule has 0 bridgehead atoms. The molecule has 1 aliphatic heterocycles. The molecular formula is C19H18ClN3O3. The molecule has 0 aliphatic carbocycles. The molecule has 0 saturated carbocycles. The fraction of sp³-hybridized carbons (Fsp3) is 0.316. The number of aromatic nitrogens is 2. The number of aryl methyl sites for hydroxylation is 1. The SMILES string of the molecule is CCc1cc([C@H]2CCCN2C(=O)c2cc(-c3ccc(Cl)cc3)on2)on1. The highest BCUT2D eigenvalue weighted by molar-refractivity contribution is 6.30. The van der Waals surface area contributed by atoms with E-state index in [9.17, 15) is 4.79 Å². The van der Waals surface area contributed by atoms with Crippen molar-refractivity contribution in [1.82, 2.24) is 15.2 Å². The summed E-state index contributed by atoms with van der Waals surface area (Å²) in [4.78, 5) is 14.7. The largest absolute Gasteiger partial charge is 0.359 e. The molecule has 1 saturated heterocycles. The van der Waals surface area contributed by atoms with Crippen molar-refractivity contribution in [3.63, 3.8) is 0 Å². The molecule has 0 N–H and O–H groups in total. The first-order chi connectivity index (χ1) is 12.7. The molecule has 1 aromatic carbocycles. The van der Waals surface area contributed by atoms with E-state index >= 15 is 0 Å². The number of carbonyl (C=O) groups is 1. The monoisotopic (exact) mass is 371 g/mol. The van der Waals surface area contributed by atoms with E-state index in [4.69, 9.17) is 20.6 Å². The smallest absolute Gasteiger partial charge is 0.276 e. The van der Waals surface area contributed by atoms with Crippen molar-refractivity contribution in [2.45, 2.75) is 32.2 Å². The molecule has 0 spiro atoms. The van der Waals surface area contributed by atoms with Gasteiger partial charge in [0.15, 0.2) is 17.2 Å². The number of benzene rings is 1. The molecule has 2 aromatic heterocycles. The van der Waals surface area contributed by atoms with Gasteiger partial charge in [-0.3, -0.25) is 4.79 Å². The third-order valence-corrected chi connectivity index (χ3v) is 4.89. The van der Waals surface area contributed by atoms with E-state index < -0.39 is 0 Å². The summed E-state index contributed by atoms with van der Waals surface area (Å²) in [6.45, 7) is 2.68. The van der Waals surface area contributed by atoms with Gasteiger partial charge in [0.25, 0.3) is 5.91 Å². The zero-order valence-corrected chi connectivity index (χ0v) is 15.1.